The minimum Gasteiger partial charge on any atom is -0.338 e. The van der Waals surface area contributed by atoms with Crippen molar-refractivity contribution in [3.63, 3.8) is 0 Å². The van der Waals surface area contributed by atoms with Crippen LogP contribution in [0.4, 0.5) is 9.18 Å². The highest BCUT2D eigenvalue weighted by molar-refractivity contribution is 7.09. The van der Waals surface area contributed by atoms with Crippen molar-refractivity contribution in [2.75, 3.05) is 19.6 Å². The number of urea groups is 1. The first-order valence-corrected chi connectivity index (χ1v) is 9.58. The molecule has 1 aromatic heterocycles. The van der Waals surface area contributed by atoms with Crippen LogP contribution < -0.4 is 10.6 Å². The zero-order valence-corrected chi connectivity index (χ0v) is 15.0. The lowest BCUT2D eigenvalue weighted by atomic mass is 9.98. The number of nitrogens with one attached hydrogen (secondary N) is 2. The highest BCUT2D eigenvalue weighted by Gasteiger charge is 2.20. The molecule has 3 rings (SSSR count). The van der Waals surface area contributed by atoms with Gasteiger partial charge in [0.25, 0.3) is 0 Å². The molecule has 2 amide bonds. The average molecular weight is 361 g/mol. The van der Waals surface area contributed by atoms with E-state index in [9.17, 15) is 9.18 Å². The van der Waals surface area contributed by atoms with Crippen LogP contribution in [0, 0.1) is 11.7 Å². The van der Waals surface area contributed by atoms with Gasteiger partial charge < -0.3 is 10.6 Å². The van der Waals surface area contributed by atoms with Crippen molar-refractivity contribution in [2.24, 2.45) is 5.92 Å². The molecule has 1 aliphatic heterocycles. The molecule has 2 heterocycles. The van der Waals surface area contributed by atoms with Crippen molar-refractivity contribution in [3.8, 4) is 0 Å². The predicted molar refractivity (Wildman–Crippen MR) is 99.0 cm³/mol. The molecule has 0 spiro atoms. The minimum atomic E-state index is -0.292. The maximum Gasteiger partial charge on any atom is 0.315 e. The third-order valence-corrected chi connectivity index (χ3v) is 5.37. The van der Waals surface area contributed by atoms with Crippen LogP contribution in [0.1, 0.15) is 23.3 Å². The van der Waals surface area contributed by atoms with Crippen LogP contribution in [0.2, 0.25) is 0 Å². The molecule has 6 heteroatoms. The maximum absolute atomic E-state index is 13.5. The Bertz CT molecular complexity index is 677. The van der Waals surface area contributed by atoms with Gasteiger partial charge in [0.1, 0.15) is 5.82 Å². The summed E-state index contributed by atoms with van der Waals surface area (Å²) in [6, 6.07) is 10.5. The first-order valence-electron chi connectivity index (χ1n) is 8.70. The summed E-state index contributed by atoms with van der Waals surface area (Å²) < 4.78 is 13.5. The summed E-state index contributed by atoms with van der Waals surface area (Å²) in [6.45, 7) is 3.98. The van der Waals surface area contributed by atoms with Gasteiger partial charge in [-0.25, -0.2) is 9.18 Å². The summed E-state index contributed by atoms with van der Waals surface area (Å²) >= 11 is 1.79. The predicted octanol–water partition coefficient (Wildman–Crippen LogP) is 3.60. The lowest BCUT2D eigenvalue weighted by molar-refractivity contribution is 0.166. The molecule has 0 saturated carbocycles. The Hall–Kier alpha value is -1.92. The van der Waals surface area contributed by atoms with E-state index in [0.29, 0.717) is 18.0 Å². The SMILES string of the molecule is O=C(NCc1ccccc1F)NC[C@H]1CCCN(Cc2cccs2)C1. The lowest BCUT2D eigenvalue weighted by Crippen LogP contribution is -2.43. The second kappa shape index (κ2) is 8.97. The Kier molecular flexibility index (Phi) is 6.42. The number of carbonyl (C=O) groups is 1. The van der Waals surface area contributed by atoms with E-state index in [0.717, 1.165) is 32.5 Å². The van der Waals surface area contributed by atoms with E-state index in [1.165, 1.54) is 10.9 Å². The number of amides is 2. The molecular formula is C19H24FN3OS. The Morgan fingerprint density at radius 3 is 2.92 bits per heavy atom. The van der Waals surface area contributed by atoms with E-state index >= 15 is 0 Å². The Balaban J connectivity index is 1.38. The number of nitrogens with zero attached hydrogens (tertiary/aromatic N) is 1. The molecule has 1 fully saturated rings. The number of benzene rings is 1. The van der Waals surface area contributed by atoms with Crippen LogP contribution in [-0.4, -0.2) is 30.6 Å². The fourth-order valence-corrected chi connectivity index (χ4v) is 3.95. The molecular weight excluding hydrogens is 337 g/mol. The first kappa shape index (κ1) is 17.9. The number of halogens is 1. The zero-order valence-electron chi connectivity index (χ0n) is 14.2. The van der Waals surface area contributed by atoms with Gasteiger partial charge in [-0.05, 0) is 42.8 Å². The number of thiophene rings is 1. The summed E-state index contributed by atoms with van der Waals surface area (Å²) in [5.41, 5.74) is 0.498. The van der Waals surface area contributed by atoms with Gasteiger partial charge in [-0.2, -0.15) is 0 Å². The van der Waals surface area contributed by atoms with E-state index in [1.807, 2.05) is 0 Å². The van der Waals surface area contributed by atoms with Crippen LogP contribution in [0.15, 0.2) is 41.8 Å². The number of carbonyl (C=O) groups excluding carboxylic acids is 1. The van der Waals surface area contributed by atoms with Crippen molar-refractivity contribution in [1.29, 1.82) is 0 Å². The second-order valence-corrected chi connectivity index (χ2v) is 7.51. The van der Waals surface area contributed by atoms with Crippen molar-refractivity contribution in [1.82, 2.24) is 15.5 Å². The molecule has 1 aliphatic rings. The first-order chi connectivity index (χ1) is 12.2. The van der Waals surface area contributed by atoms with E-state index in [-0.39, 0.29) is 18.4 Å². The Morgan fingerprint density at radius 2 is 2.12 bits per heavy atom. The smallest absolute Gasteiger partial charge is 0.315 e. The summed E-state index contributed by atoms with van der Waals surface area (Å²) in [5, 5.41) is 7.76. The highest BCUT2D eigenvalue weighted by atomic mass is 32.1. The normalized spacial score (nSPS) is 18.0. The zero-order chi connectivity index (χ0) is 17.5. The van der Waals surface area contributed by atoms with Gasteiger partial charge in [0.05, 0.1) is 0 Å². The third-order valence-electron chi connectivity index (χ3n) is 4.51. The molecule has 2 N–H and O–H groups in total. The lowest BCUT2D eigenvalue weighted by Gasteiger charge is -2.32. The second-order valence-electron chi connectivity index (χ2n) is 6.48. The monoisotopic (exact) mass is 361 g/mol. The van der Waals surface area contributed by atoms with Crippen LogP contribution in [-0.2, 0) is 13.1 Å². The summed E-state index contributed by atoms with van der Waals surface area (Å²) in [7, 11) is 0. The fraction of sp³-hybridized carbons (Fsp3) is 0.421. The molecule has 1 aromatic carbocycles. The van der Waals surface area contributed by atoms with E-state index in [2.05, 4.69) is 33.0 Å². The van der Waals surface area contributed by atoms with Gasteiger partial charge in [-0.15, -0.1) is 11.3 Å². The maximum atomic E-state index is 13.5. The number of hydrogen-bond acceptors (Lipinski definition) is 3. The molecule has 4 nitrogen and oxygen atoms in total. The third kappa shape index (κ3) is 5.54. The van der Waals surface area contributed by atoms with Gasteiger partial charge in [0, 0.05) is 36.6 Å². The number of rotatable bonds is 6. The number of hydrogen-bond donors (Lipinski definition) is 2. The number of likely N-dealkylation sites (tertiary alicyclic amines) is 1. The van der Waals surface area contributed by atoms with Crippen molar-refractivity contribution in [3.05, 3.63) is 58.0 Å². The summed E-state index contributed by atoms with van der Waals surface area (Å²) in [5.74, 6) is 0.173. The standard InChI is InChI=1S/C19H24FN3OS/c20-18-8-2-1-6-16(18)12-22-19(24)21-11-15-5-3-9-23(13-15)14-17-7-4-10-25-17/h1-2,4,6-8,10,15H,3,5,9,11-14H2,(H2,21,22,24)/t15-/m1/s1. The van der Waals surface area contributed by atoms with Gasteiger partial charge in [-0.1, -0.05) is 24.3 Å². The van der Waals surface area contributed by atoms with Gasteiger partial charge >= 0.3 is 6.03 Å². The summed E-state index contributed by atoms with van der Waals surface area (Å²) in [4.78, 5) is 15.8. The average Bonchev–Trinajstić information content (AvgIpc) is 3.12. The number of piperidine rings is 1. The Labute approximate surface area is 152 Å². The van der Waals surface area contributed by atoms with Gasteiger partial charge in [0.2, 0.25) is 0 Å². The van der Waals surface area contributed by atoms with Crippen LogP contribution >= 0.6 is 11.3 Å². The van der Waals surface area contributed by atoms with Crippen molar-refractivity contribution >= 4 is 17.4 Å². The quantitative estimate of drug-likeness (QED) is 0.826. The molecule has 0 unspecified atom stereocenters. The van der Waals surface area contributed by atoms with E-state index < -0.39 is 0 Å². The molecule has 134 valence electrons. The largest absolute Gasteiger partial charge is 0.338 e. The van der Waals surface area contributed by atoms with Gasteiger partial charge in [0.15, 0.2) is 0 Å². The van der Waals surface area contributed by atoms with Crippen LogP contribution in [0.5, 0.6) is 0 Å². The topological polar surface area (TPSA) is 44.4 Å². The Morgan fingerprint density at radius 1 is 1.24 bits per heavy atom. The fourth-order valence-electron chi connectivity index (χ4n) is 3.20. The molecule has 25 heavy (non-hydrogen) atoms. The molecule has 1 atom stereocenters. The van der Waals surface area contributed by atoms with E-state index in [1.54, 1.807) is 29.5 Å². The highest BCUT2D eigenvalue weighted by Crippen LogP contribution is 2.19. The summed E-state index contributed by atoms with van der Waals surface area (Å²) in [6.07, 6.45) is 2.29. The van der Waals surface area contributed by atoms with Crippen molar-refractivity contribution in [2.45, 2.75) is 25.9 Å². The molecule has 2 aromatic rings. The van der Waals surface area contributed by atoms with Crippen LogP contribution in [0.3, 0.4) is 0 Å². The molecule has 0 aliphatic carbocycles. The minimum absolute atomic E-state index is 0.202. The van der Waals surface area contributed by atoms with E-state index in [4.69, 9.17) is 0 Å². The molecule has 0 bridgehead atoms. The van der Waals surface area contributed by atoms with Crippen LogP contribution in [0.25, 0.3) is 0 Å². The van der Waals surface area contributed by atoms with Crippen molar-refractivity contribution < 1.29 is 9.18 Å². The molecule has 1 saturated heterocycles. The molecule has 0 radical (unpaired) electrons. The van der Waals surface area contributed by atoms with Gasteiger partial charge in [-0.3, -0.25) is 4.90 Å².